The monoisotopic (exact) mass is 666 g/mol. The Kier molecular flexibility index (Phi) is 8.48. The molecule has 248 valence electrons. The first-order chi connectivity index (χ1) is 24.2. The number of rotatable bonds is 6. The molecule has 0 saturated heterocycles. The van der Waals surface area contributed by atoms with Gasteiger partial charge in [-0.15, -0.1) is 0 Å². The maximum atomic E-state index is 11.4. The molecule has 6 aromatic heterocycles. The van der Waals surface area contributed by atoms with Gasteiger partial charge >= 0.3 is 11.4 Å². The second kappa shape index (κ2) is 13.4. The van der Waals surface area contributed by atoms with Gasteiger partial charge in [0.05, 0.1) is 34.7 Å². The maximum Gasteiger partial charge on any atom is 0.345 e. The number of furan rings is 2. The summed E-state index contributed by atoms with van der Waals surface area (Å²) in [5.41, 5.74) is 7.51. The fourth-order valence-electron chi connectivity index (χ4n) is 5.81. The standard InChI is InChI=1S/2C19H15N3O3/c2*1-11-17(12(2)22-19(23)21-11)13-3-5-14(6-4-13)25-18-15-8-10-24-16(15)7-9-20-18/h2*3-10H,1-2H3,(H,21,22,23). The molecule has 0 aliphatic rings. The van der Waals surface area contributed by atoms with E-state index in [1.807, 2.05) is 88.4 Å². The van der Waals surface area contributed by atoms with Crippen LogP contribution in [0.4, 0.5) is 0 Å². The Hall–Kier alpha value is -6.82. The Morgan fingerprint density at radius 1 is 0.540 bits per heavy atom. The van der Waals surface area contributed by atoms with Gasteiger partial charge in [0, 0.05) is 34.9 Å². The summed E-state index contributed by atoms with van der Waals surface area (Å²) < 4.78 is 22.5. The fraction of sp³-hybridized carbons (Fsp3) is 0.105. The molecule has 6 heterocycles. The largest absolute Gasteiger partial charge is 0.464 e. The van der Waals surface area contributed by atoms with Gasteiger partial charge < -0.3 is 28.3 Å². The van der Waals surface area contributed by atoms with Crippen molar-refractivity contribution >= 4 is 21.9 Å². The molecule has 0 aliphatic heterocycles. The minimum absolute atomic E-state index is 0.335. The summed E-state index contributed by atoms with van der Waals surface area (Å²) in [6.07, 6.45) is 6.51. The van der Waals surface area contributed by atoms with Crippen LogP contribution in [0.15, 0.2) is 116 Å². The molecule has 12 heteroatoms. The van der Waals surface area contributed by atoms with Crippen molar-refractivity contribution in [3.05, 3.63) is 141 Å². The highest BCUT2D eigenvalue weighted by Crippen LogP contribution is 2.32. The topological polar surface area (TPSA) is 162 Å². The first-order valence-electron chi connectivity index (χ1n) is 15.6. The van der Waals surface area contributed by atoms with Gasteiger partial charge in [0.2, 0.25) is 11.8 Å². The molecule has 2 N–H and O–H groups in total. The molecular weight excluding hydrogens is 636 g/mol. The summed E-state index contributed by atoms with van der Waals surface area (Å²) in [5.74, 6) is 2.32. The Labute approximate surface area is 284 Å². The van der Waals surface area contributed by atoms with Crippen molar-refractivity contribution in [1.29, 1.82) is 0 Å². The van der Waals surface area contributed by atoms with Crippen LogP contribution in [-0.2, 0) is 0 Å². The number of benzene rings is 2. The van der Waals surface area contributed by atoms with Crippen LogP contribution in [0.1, 0.15) is 22.8 Å². The van der Waals surface area contributed by atoms with Gasteiger partial charge in [0.25, 0.3) is 0 Å². The maximum absolute atomic E-state index is 11.4. The number of nitrogens with one attached hydrogen (secondary N) is 2. The average molecular weight is 667 g/mol. The Bertz CT molecular complexity index is 2350. The number of aromatic nitrogens is 6. The van der Waals surface area contributed by atoms with Gasteiger partial charge in [-0.1, -0.05) is 24.3 Å². The van der Waals surface area contributed by atoms with Crippen LogP contribution in [0.3, 0.4) is 0 Å². The summed E-state index contributed by atoms with van der Waals surface area (Å²) in [7, 11) is 0. The SMILES string of the molecule is Cc1nc(=O)[nH]c(C)c1-c1ccc(Oc2nccc3occc23)cc1.Cc1nc(=O)[nH]c(C)c1-c1ccc(Oc2nccc3occc23)cc1. The molecule has 0 bridgehead atoms. The molecule has 8 rings (SSSR count). The fourth-order valence-corrected chi connectivity index (χ4v) is 5.81. The van der Waals surface area contributed by atoms with E-state index in [1.54, 1.807) is 37.1 Å². The number of aromatic amines is 2. The number of ether oxygens (including phenoxy) is 2. The second-order valence-corrected chi connectivity index (χ2v) is 11.4. The van der Waals surface area contributed by atoms with Crippen LogP contribution < -0.4 is 20.9 Å². The van der Waals surface area contributed by atoms with Gasteiger partial charge in [-0.2, -0.15) is 9.97 Å². The number of nitrogens with zero attached hydrogens (tertiary/aromatic N) is 4. The van der Waals surface area contributed by atoms with Crippen LogP contribution in [0.2, 0.25) is 0 Å². The first-order valence-corrected chi connectivity index (χ1v) is 15.6. The van der Waals surface area contributed by atoms with Crippen molar-refractivity contribution in [2.45, 2.75) is 27.7 Å². The highest BCUT2D eigenvalue weighted by Gasteiger charge is 2.12. The van der Waals surface area contributed by atoms with Crippen LogP contribution in [0, 0.1) is 27.7 Å². The quantitative estimate of drug-likeness (QED) is 0.178. The predicted octanol–water partition coefficient (Wildman–Crippen LogP) is 7.97. The normalized spacial score (nSPS) is 11.0. The molecule has 12 nitrogen and oxygen atoms in total. The third-order valence-electron chi connectivity index (χ3n) is 8.00. The van der Waals surface area contributed by atoms with Gasteiger partial charge in [-0.05, 0) is 87.4 Å². The van der Waals surface area contributed by atoms with E-state index in [-0.39, 0.29) is 11.4 Å². The molecule has 2 aromatic carbocycles. The van der Waals surface area contributed by atoms with Gasteiger partial charge in [-0.3, -0.25) is 0 Å². The lowest BCUT2D eigenvalue weighted by Gasteiger charge is -2.10. The molecule has 0 aliphatic carbocycles. The lowest BCUT2D eigenvalue weighted by atomic mass is 10.0. The molecule has 0 radical (unpaired) electrons. The smallest absolute Gasteiger partial charge is 0.345 e. The molecule has 0 unspecified atom stereocenters. The summed E-state index contributed by atoms with van der Waals surface area (Å²) in [6, 6.07) is 22.4. The second-order valence-electron chi connectivity index (χ2n) is 11.4. The third-order valence-corrected chi connectivity index (χ3v) is 8.00. The summed E-state index contributed by atoms with van der Waals surface area (Å²) >= 11 is 0. The first kappa shape index (κ1) is 31.8. The molecule has 0 saturated carbocycles. The predicted molar refractivity (Wildman–Crippen MR) is 188 cm³/mol. The molecular formula is C38H30N6O6. The zero-order valence-electron chi connectivity index (χ0n) is 27.5. The van der Waals surface area contributed by atoms with Crippen molar-refractivity contribution in [3.8, 4) is 45.5 Å². The third kappa shape index (κ3) is 6.49. The Balaban J connectivity index is 0.000000157. The van der Waals surface area contributed by atoms with Crippen molar-refractivity contribution in [1.82, 2.24) is 29.9 Å². The zero-order valence-corrected chi connectivity index (χ0v) is 27.5. The van der Waals surface area contributed by atoms with E-state index in [0.29, 0.717) is 34.6 Å². The van der Waals surface area contributed by atoms with Crippen LogP contribution >= 0.6 is 0 Å². The lowest BCUT2D eigenvalue weighted by Crippen LogP contribution is -2.14. The van der Waals surface area contributed by atoms with Crippen molar-refractivity contribution in [2.75, 3.05) is 0 Å². The lowest BCUT2D eigenvalue weighted by molar-refractivity contribution is 0.468. The highest BCUT2D eigenvalue weighted by atomic mass is 16.5. The molecule has 8 aromatic rings. The number of aryl methyl sites for hydroxylation is 4. The van der Waals surface area contributed by atoms with E-state index in [2.05, 4.69) is 29.9 Å². The van der Waals surface area contributed by atoms with Crippen molar-refractivity contribution in [2.24, 2.45) is 0 Å². The summed E-state index contributed by atoms with van der Waals surface area (Å²) in [4.78, 5) is 44.8. The number of hydrogen-bond acceptors (Lipinski definition) is 10. The summed E-state index contributed by atoms with van der Waals surface area (Å²) in [6.45, 7) is 7.37. The van der Waals surface area contributed by atoms with E-state index in [9.17, 15) is 9.59 Å². The molecule has 0 fully saturated rings. The van der Waals surface area contributed by atoms with Crippen LogP contribution in [-0.4, -0.2) is 29.9 Å². The minimum atomic E-state index is -0.335. The van der Waals surface area contributed by atoms with Gasteiger partial charge in [-0.25, -0.2) is 19.6 Å². The average Bonchev–Trinajstić information content (AvgIpc) is 3.77. The van der Waals surface area contributed by atoms with Crippen LogP contribution in [0.25, 0.3) is 44.2 Å². The van der Waals surface area contributed by atoms with Crippen molar-refractivity contribution in [3.63, 3.8) is 0 Å². The van der Waals surface area contributed by atoms with E-state index < -0.39 is 0 Å². The number of pyridine rings is 2. The molecule has 0 atom stereocenters. The van der Waals surface area contributed by atoms with Crippen LogP contribution in [0.5, 0.6) is 23.3 Å². The Morgan fingerprint density at radius 2 is 0.940 bits per heavy atom. The minimum Gasteiger partial charge on any atom is -0.464 e. The van der Waals surface area contributed by atoms with E-state index in [0.717, 1.165) is 55.6 Å². The molecule has 0 spiro atoms. The molecule has 0 amide bonds. The van der Waals surface area contributed by atoms with Crippen molar-refractivity contribution < 1.29 is 18.3 Å². The van der Waals surface area contributed by atoms with E-state index in [1.165, 1.54) is 0 Å². The number of fused-ring (bicyclic) bond motifs is 2. The van der Waals surface area contributed by atoms with Gasteiger partial charge in [0.1, 0.15) is 22.7 Å². The number of H-pyrrole nitrogens is 2. The zero-order chi connectivity index (χ0) is 34.8. The molecule has 50 heavy (non-hydrogen) atoms. The van der Waals surface area contributed by atoms with E-state index in [4.69, 9.17) is 18.3 Å². The van der Waals surface area contributed by atoms with E-state index >= 15 is 0 Å². The highest BCUT2D eigenvalue weighted by molar-refractivity contribution is 5.83. The van der Waals surface area contributed by atoms with Gasteiger partial charge in [0.15, 0.2) is 0 Å². The number of hydrogen-bond donors (Lipinski definition) is 2. The summed E-state index contributed by atoms with van der Waals surface area (Å²) in [5, 5.41) is 1.64. The Morgan fingerprint density at radius 3 is 1.32 bits per heavy atom.